The van der Waals surface area contributed by atoms with Gasteiger partial charge in [0.15, 0.2) is 0 Å². The zero-order valence-electron chi connectivity index (χ0n) is 12.8. The minimum atomic E-state index is 0.187. The monoisotopic (exact) mass is 261 g/mol. The van der Waals surface area contributed by atoms with Gasteiger partial charge in [0, 0.05) is 6.54 Å². The lowest BCUT2D eigenvalue weighted by Crippen LogP contribution is -2.20. The molecule has 0 amide bonds. The molecule has 106 valence electrons. The van der Waals surface area contributed by atoms with Crippen LogP contribution in [0.5, 0.6) is 5.75 Å². The molecule has 0 spiro atoms. The van der Waals surface area contributed by atoms with Gasteiger partial charge in [0.1, 0.15) is 12.4 Å². The van der Waals surface area contributed by atoms with Crippen molar-refractivity contribution in [3.8, 4) is 5.75 Å². The summed E-state index contributed by atoms with van der Waals surface area (Å²) in [4.78, 5) is 0. The van der Waals surface area contributed by atoms with Gasteiger partial charge in [-0.1, -0.05) is 46.4 Å². The summed E-state index contributed by atoms with van der Waals surface area (Å²) in [5.74, 6) is 0.907. The molecule has 0 atom stereocenters. The van der Waals surface area contributed by atoms with Crippen molar-refractivity contribution in [3.63, 3.8) is 0 Å². The quantitative estimate of drug-likeness (QED) is 0.593. The Kier molecular flexibility index (Phi) is 6.10. The number of ether oxygens (including phenoxy) is 1. The summed E-state index contributed by atoms with van der Waals surface area (Å²) in [6.07, 6.45) is 1.14. The van der Waals surface area contributed by atoms with Crippen molar-refractivity contribution in [1.82, 2.24) is 5.32 Å². The van der Waals surface area contributed by atoms with Gasteiger partial charge in [-0.2, -0.15) is 0 Å². The third kappa shape index (κ3) is 5.93. The number of rotatable bonds is 7. The number of hydrogen-bond acceptors (Lipinski definition) is 2. The Morgan fingerprint density at radius 2 is 1.84 bits per heavy atom. The van der Waals surface area contributed by atoms with Crippen LogP contribution in [0.3, 0.4) is 0 Å². The molecule has 1 N–H and O–H groups in total. The van der Waals surface area contributed by atoms with E-state index in [0.29, 0.717) is 6.61 Å². The predicted octanol–water partition coefficient (Wildman–Crippen LogP) is 3.92. The number of benzene rings is 1. The average molecular weight is 261 g/mol. The lowest BCUT2D eigenvalue weighted by Gasteiger charge is -2.19. The van der Waals surface area contributed by atoms with Crippen LogP contribution in [0.2, 0.25) is 0 Å². The van der Waals surface area contributed by atoms with Crippen molar-refractivity contribution >= 4 is 0 Å². The van der Waals surface area contributed by atoms with Gasteiger partial charge < -0.3 is 10.1 Å². The highest BCUT2D eigenvalue weighted by Crippen LogP contribution is 2.24. The van der Waals surface area contributed by atoms with Gasteiger partial charge in [-0.05, 0) is 41.6 Å². The highest BCUT2D eigenvalue weighted by molar-refractivity contribution is 5.31. The van der Waals surface area contributed by atoms with E-state index in [-0.39, 0.29) is 5.41 Å². The van der Waals surface area contributed by atoms with Gasteiger partial charge in [0.05, 0.1) is 0 Å². The van der Waals surface area contributed by atoms with E-state index >= 15 is 0 Å². The van der Waals surface area contributed by atoms with E-state index in [9.17, 15) is 0 Å². The van der Waals surface area contributed by atoms with Crippen molar-refractivity contribution in [2.75, 3.05) is 19.7 Å². The fourth-order valence-electron chi connectivity index (χ4n) is 1.73. The van der Waals surface area contributed by atoms with Crippen molar-refractivity contribution in [1.29, 1.82) is 0 Å². The molecule has 0 saturated heterocycles. The third-order valence-corrected chi connectivity index (χ3v) is 2.97. The van der Waals surface area contributed by atoms with Crippen molar-refractivity contribution < 1.29 is 4.74 Å². The van der Waals surface area contributed by atoms with E-state index in [1.54, 1.807) is 0 Å². The summed E-state index contributed by atoms with van der Waals surface area (Å²) >= 11 is 0. The Bertz CT molecular complexity index is 387. The summed E-state index contributed by atoms with van der Waals surface area (Å²) in [5.41, 5.74) is 2.59. The van der Waals surface area contributed by atoms with Crippen molar-refractivity contribution in [3.05, 3.63) is 42.0 Å². The first-order valence-electron chi connectivity index (χ1n) is 7.04. The van der Waals surface area contributed by atoms with Crippen molar-refractivity contribution in [2.45, 2.75) is 39.5 Å². The third-order valence-electron chi connectivity index (χ3n) is 2.97. The molecule has 0 unspecified atom stereocenters. The zero-order chi connectivity index (χ0) is 14.3. The molecule has 1 rings (SSSR count). The first-order valence-corrected chi connectivity index (χ1v) is 7.04. The Labute approximate surface area is 117 Å². The summed E-state index contributed by atoms with van der Waals surface area (Å²) in [6, 6.07) is 8.33. The standard InChI is InChI=1S/C17H27NO/c1-6-11-18-12-14(2)13-19-16-9-7-15(8-10-16)17(3,4)5/h7-10,18H,2,6,11-13H2,1,3-5H3. The van der Waals surface area contributed by atoms with E-state index in [1.165, 1.54) is 5.56 Å². The van der Waals surface area contributed by atoms with Crippen LogP contribution < -0.4 is 10.1 Å². The van der Waals surface area contributed by atoms with Crippen LogP contribution in [0.1, 0.15) is 39.7 Å². The molecule has 0 aromatic heterocycles. The SMILES string of the molecule is C=C(CNCCC)COc1ccc(C(C)(C)C)cc1. The van der Waals surface area contributed by atoms with Crippen LogP contribution in [0, 0.1) is 0 Å². The average Bonchev–Trinajstić information content (AvgIpc) is 2.36. The lowest BCUT2D eigenvalue weighted by atomic mass is 9.87. The van der Waals surface area contributed by atoms with Crippen LogP contribution in [0.15, 0.2) is 36.4 Å². The molecule has 2 nitrogen and oxygen atoms in total. The molecule has 0 fully saturated rings. The first kappa shape index (κ1) is 15.8. The number of nitrogens with one attached hydrogen (secondary N) is 1. The topological polar surface area (TPSA) is 21.3 Å². The van der Waals surface area contributed by atoms with Crippen LogP contribution in [0.4, 0.5) is 0 Å². The van der Waals surface area contributed by atoms with Crippen molar-refractivity contribution in [2.24, 2.45) is 0 Å². The molecule has 0 radical (unpaired) electrons. The Morgan fingerprint density at radius 3 is 2.37 bits per heavy atom. The van der Waals surface area contributed by atoms with Crippen LogP contribution in [-0.2, 0) is 5.41 Å². The summed E-state index contributed by atoms with van der Waals surface area (Å²) in [5, 5.41) is 3.32. The maximum atomic E-state index is 5.73. The highest BCUT2D eigenvalue weighted by atomic mass is 16.5. The maximum Gasteiger partial charge on any atom is 0.119 e. The van der Waals surface area contributed by atoms with E-state index in [1.807, 2.05) is 12.1 Å². The summed E-state index contributed by atoms with van der Waals surface area (Å²) in [6.45, 7) is 15.2. The van der Waals surface area contributed by atoms with Gasteiger partial charge in [-0.3, -0.25) is 0 Å². The van der Waals surface area contributed by atoms with E-state index in [4.69, 9.17) is 4.74 Å². The second-order valence-corrected chi connectivity index (χ2v) is 5.99. The van der Waals surface area contributed by atoms with Crippen LogP contribution >= 0.6 is 0 Å². The zero-order valence-corrected chi connectivity index (χ0v) is 12.8. The minimum absolute atomic E-state index is 0.187. The van der Waals surface area contributed by atoms with Gasteiger partial charge in [0.2, 0.25) is 0 Å². The molecule has 0 aliphatic carbocycles. The minimum Gasteiger partial charge on any atom is -0.489 e. The maximum absolute atomic E-state index is 5.73. The molecule has 0 saturated carbocycles. The second kappa shape index (κ2) is 7.34. The molecule has 1 aromatic rings. The first-order chi connectivity index (χ1) is 8.93. The highest BCUT2D eigenvalue weighted by Gasteiger charge is 2.12. The second-order valence-electron chi connectivity index (χ2n) is 5.99. The van der Waals surface area contributed by atoms with Gasteiger partial charge >= 0.3 is 0 Å². The summed E-state index contributed by atoms with van der Waals surface area (Å²) in [7, 11) is 0. The molecular formula is C17H27NO. The Morgan fingerprint density at radius 1 is 1.21 bits per heavy atom. The number of hydrogen-bond donors (Lipinski definition) is 1. The Balaban J connectivity index is 2.40. The largest absolute Gasteiger partial charge is 0.489 e. The smallest absolute Gasteiger partial charge is 0.119 e. The van der Waals surface area contributed by atoms with Gasteiger partial charge in [-0.25, -0.2) is 0 Å². The molecule has 2 heteroatoms. The molecule has 1 aromatic carbocycles. The molecular weight excluding hydrogens is 234 g/mol. The fourth-order valence-corrected chi connectivity index (χ4v) is 1.73. The Hall–Kier alpha value is -1.28. The van der Waals surface area contributed by atoms with Crippen LogP contribution in [0.25, 0.3) is 0 Å². The lowest BCUT2D eigenvalue weighted by molar-refractivity contribution is 0.348. The predicted molar refractivity (Wildman–Crippen MR) is 82.9 cm³/mol. The van der Waals surface area contributed by atoms with E-state index < -0.39 is 0 Å². The van der Waals surface area contributed by atoms with E-state index in [0.717, 1.165) is 30.8 Å². The van der Waals surface area contributed by atoms with Gasteiger partial charge in [-0.15, -0.1) is 0 Å². The summed E-state index contributed by atoms with van der Waals surface area (Å²) < 4.78 is 5.73. The van der Waals surface area contributed by atoms with Gasteiger partial charge in [0.25, 0.3) is 0 Å². The van der Waals surface area contributed by atoms with E-state index in [2.05, 4.69) is 51.7 Å². The molecule has 0 aliphatic rings. The molecule has 0 aliphatic heterocycles. The van der Waals surface area contributed by atoms with Crippen LogP contribution in [-0.4, -0.2) is 19.7 Å². The molecule has 0 bridgehead atoms. The molecule has 19 heavy (non-hydrogen) atoms. The molecule has 0 heterocycles. The normalized spacial score (nSPS) is 11.4. The fraction of sp³-hybridized carbons (Fsp3) is 0.529.